The van der Waals surface area contributed by atoms with E-state index < -0.39 is 116 Å². The molecule has 0 saturated carbocycles. The molecule has 17 nitrogen and oxygen atoms in total. The number of carbonyl (C=O) groups excluding carboxylic acids is 4. The molecule has 3 saturated heterocycles. The van der Waals surface area contributed by atoms with Gasteiger partial charge in [0.1, 0.15) is 30.5 Å². The monoisotopic (exact) mass is 894 g/mol. The molecule has 64 heavy (non-hydrogen) atoms. The van der Waals surface area contributed by atoms with E-state index in [2.05, 4.69) is 0 Å². The van der Waals surface area contributed by atoms with Gasteiger partial charge in [-0.2, -0.15) is 0 Å². The lowest BCUT2D eigenvalue weighted by Crippen LogP contribution is -2.67. The van der Waals surface area contributed by atoms with E-state index in [0.29, 0.717) is 0 Å². The zero-order chi connectivity index (χ0) is 45.9. The van der Waals surface area contributed by atoms with Crippen molar-refractivity contribution in [2.24, 2.45) is 0 Å². The van der Waals surface area contributed by atoms with Gasteiger partial charge in [0.2, 0.25) is 0 Å². The Balaban J connectivity index is 1.37. The number of aliphatic hydroxyl groups excluding tert-OH is 1. The van der Waals surface area contributed by atoms with Crippen LogP contribution in [0.2, 0.25) is 0 Å². The summed E-state index contributed by atoms with van der Waals surface area (Å²) in [6.45, 7) is 10.0. The number of carbonyl (C=O) groups is 4. The normalized spacial score (nSPS) is 32.8. The third-order valence-electron chi connectivity index (χ3n) is 10.8. The average Bonchev–Trinajstić information content (AvgIpc) is 3.25. The van der Waals surface area contributed by atoms with Gasteiger partial charge in [-0.25, -0.2) is 0 Å². The van der Waals surface area contributed by atoms with Gasteiger partial charge >= 0.3 is 23.9 Å². The smallest absolute Gasteiger partial charge is 0.303 e. The van der Waals surface area contributed by atoms with Crippen LogP contribution < -0.4 is 0 Å². The van der Waals surface area contributed by atoms with Gasteiger partial charge in [0, 0.05) is 27.7 Å². The third kappa shape index (κ3) is 12.9. The van der Waals surface area contributed by atoms with E-state index >= 15 is 0 Å². The fourth-order valence-electron chi connectivity index (χ4n) is 8.03. The van der Waals surface area contributed by atoms with Crippen molar-refractivity contribution in [1.29, 1.82) is 0 Å². The number of ether oxygens (including phenoxy) is 12. The number of hydrogen-bond acceptors (Lipinski definition) is 17. The lowest BCUT2D eigenvalue weighted by molar-refractivity contribution is -0.384. The minimum atomic E-state index is -1.59. The molecular weight excluding hydrogens is 836 g/mol. The zero-order valence-electron chi connectivity index (χ0n) is 36.9. The number of aliphatic hydroxyl groups is 1. The Hall–Kier alpha value is -4.82. The minimum Gasteiger partial charge on any atom is -0.456 e. The van der Waals surface area contributed by atoms with Crippen LogP contribution in [0.25, 0.3) is 0 Å². The second-order valence-electron chi connectivity index (χ2n) is 15.9. The summed E-state index contributed by atoms with van der Waals surface area (Å²) in [6, 6.07) is 28.2. The second-order valence-corrected chi connectivity index (χ2v) is 15.9. The molecule has 0 unspecified atom stereocenters. The van der Waals surface area contributed by atoms with E-state index in [-0.39, 0.29) is 19.8 Å². The van der Waals surface area contributed by atoms with Crippen LogP contribution >= 0.6 is 0 Å². The fraction of sp³-hybridized carbons (Fsp3) is 0.532. The molecule has 348 valence electrons. The number of esters is 4. The summed E-state index contributed by atoms with van der Waals surface area (Å²) in [5.41, 5.74) is 2.53. The Labute approximate surface area is 372 Å². The second kappa shape index (κ2) is 22.9. The highest BCUT2D eigenvalue weighted by Crippen LogP contribution is 2.38. The Morgan fingerprint density at radius 2 is 0.750 bits per heavy atom. The van der Waals surface area contributed by atoms with Gasteiger partial charge < -0.3 is 61.9 Å². The summed E-state index contributed by atoms with van der Waals surface area (Å²) < 4.78 is 74.5. The predicted octanol–water partition coefficient (Wildman–Crippen LogP) is 4.47. The molecule has 1 N–H and O–H groups in total. The highest BCUT2D eigenvalue weighted by atomic mass is 16.8. The van der Waals surface area contributed by atoms with Gasteiger partial charge in [-0.05, 0) is 37.5 Å². The van der Waals surface area contributed by atoms with Crippen molar-refractivity contribution in [3.63, 3.8) is 0 Å². The third-order valence-corrected chi connectivity index (χ3v) is 10.8. The summed E-state index contributed by atoms with van der Waals surface area (Å²) >= 11 is 0. The van der Waals surface area contributed by atoms with Crippen LogP contribution in [0, 0.1) is 0 Å². The molecule has 0 bridgehead atoms. The SMILES string of the molecule is CC(=O)O[C@H]1[C@H](OC(C)=O)[C@H](O[C@@H]2[C@@H](OCc3ccccc3)[C@H](C)O[C@@H](O[C@@H]3[C@H](OCc4ccccc4)[C@@H](OCc4ccccc4)[C@H](C)O[C@H]3O)[C@@H]2OC(C)=O)O[C@@H](C)[C@@H]1OC(C)=O. The van der Waals surface area contributed by atoms with Crippen molar-refractivity contribution in [2.75, 3.05) is 0 Å². The molecule has 3 aliphatic heterocycles. The van der Waals surface area contributed by atoms with Crippen molar-refractivity contribution >= 4 is 23.9 Å². The maximum absolute atomic E-state index is 13.1. The molecule has 3 aromatic carbocycles. The lowest BCUT2D eigenvalue weighted by atomic mass is 9.95. The average molecular weight is 895 g/mol. The Bertz CT molecular complexity index is 1950. The molecular formula is C47H58O17. The standard InChI is InChI=1S/C47H58O17/c1-26-36(53-23-33-17-11-8-12-18-33)39(55-25-35-21-15-10-16-22-35)42(45(52)56-26)64-47-43(61-31(6)50)40(37(27(2)57-47)54-24-34-19-13-9-14-20-34)63-46-44(62-32(7)51)41(60-30(5)49)38(28(3)58-46)59-29(4)48/h8-22,26-28,36-47,52H,23-25H2,1-7H3/t26-,27-,28-,36-,37-,38-,39+,40+,41+,42+,43+,44-,45+,46-,47-/m0/s1. The van der Waals surface area contributed by atoms with Crippen LogP contribution in [-0.4, -0.2) is 121 Å². The van der Waals surface area contributed by atoms with Gasteiger partial charge in [0.05, 0.1) is 38.1 Å². The molecule has 6 rings (SSSR count). The van der Waals surface area contributed by atoms with Crippen molar-refractivity contribution in [3.8, 4) is 0 Å². The zero-order valence-corrected chi connectivity index (χ0v) is 36.9. The first kappa shape index (κ1) is 48.6. The molecule has 0 spiro atoms. The first-order valence-electron chi connectivity index (χ1n) is 21.3. The molecule has 0 aromatic heterocycles. The van der Waals surface area contributed by atoms with Crippen LogP contribution in [0.15, 0.2) is 91.0 Å². The number of hydrogen-bond donors (Lipinski definition) is 1. The van der Waals surface area contributed by atoms with Crippen molar-refractivity contribution < 1.29 is 81.1 Å². The molecule has 15 atom stereocenters. The highest BCUT2D eigenvalue weighted by Gasteiger charge is 2.57. The molecule has 0 aliphatic carbocycles. The van der Waals surface area contributed by atoms with Gasteiger partial charge in [0.25, 0.3) is 0 Å². The van der Waals surface area contributed by atoms with Crippen LogP contribution in [0.3, 0.4) is 0 Å². The quantitative estimate of drug-likeness (QED) is 0.147. The fourth-order valence-corrected chi connectivity index (χ4v) is 8.03. The minimum absolute atomic E-state index is 0.0557. The molecule has 3 heterocycles. The summed E-state index contributed by atoms with van der Waals surface area (Å²) in [6.07, 6.45) is -18.2. The van der Waals surface area contributed by atoms with Crippen molar-refractivity contribution in [3.05, 3.63) is 108 Å². The van der Waals surface area contributed by atoms with Crippen molar-refractivity contribution in [2.45, 2.75) is 160 Å². The van der Waals surface area contributed by atoms with Gasteiger partial charge in [-0.15, -0.1) is 0 Å². The largest absolute Gasteiger partial charge is 0.456 e. The first-order valence-corrected chi connectivity index (χ1v) is 21.3. The van der Waals surface area contributed by atoms with Crippen molar-refractivity contribution in [1.82, 2.24) is 0 Å². The maximum atomic E-state index is 13.1. The molecule has 0 amide bonds. The number of rotatable bonds is 17. The predicted molar refractivity (Wildman–Crippen MR) is 222 cm³/mol. The van der Waals surface area contributed by atoms with Crippen LogP contribution in [0.5, 0.6) is 0 Å². The summed E-state index contributed by atoms with van der Waals surface area (Å²) in [4.78, 5) is 50.5. The van der Waals surface area contributed by atoms with Gasteiger partial charge in [0.15, 0.2) is 43.3 Å². The summed E-state index contributed by atoms with van der Waals surface area (Å²) in [5.74, 6) is -3.02. The van der Waals surface area contributed by atoms with Gasteiger partial charge in [-0.1, -0.05) is 91.0 Å². The summed E-state index contributed by atoms with van der Waals surface area (Å²) in [5, 5.41) is 11.7. The van der Waals surface area contributed by atoms with Crippen LogP contribution in [-0.2, 0) is 95.8 Å². The molecule has 17 heteroatoms. The van der Waals surface area contributed by atoms with Crippen LogP contribution in [0.4, 0.5) is 0 Å². The Kier molecular flexibility index (Phi) is 17.4. The summed E-state index contributed by atoms with van der Waals surface area (Å²) in [7, 11) is 0. The van der Waals surface area contributed by atoms with E-state index in [1.807, 2.05) is 91.0 Å². The lowest BCUT2D eigenvalue weighted by Gasteiger charge is -2.50. The highest BCUT2D eigenvalue weighted by molar-refractivity contribution is 5.68. The maximum Gasteiger partial charge on any atom is 0.303 e. The molecule has 3 aliphatic rings. The molecule has 3 aromatic rings. The Morgan fingerprint density at radius 3 is 1.19 bits per heavy atom. The number of benzene rings is 3. The van der Waals surface area contributed by atoms with E-state index in [1.54, 1.807) is 20.8 Å². The van der Waals surface area contributed by atoms with E-state index in [4.69, 9.17) is 56.8 Å². The topological polar surface area (TPSA) is 199 Å². The first-order chi connectivity index (χ1) is 30.7. The van der Waals surface area contributed by atoms with E-state index in [9.17, 15) is 24.3 Å². The Morgan fingerprint density at radius 1 is 0.422 bits per heavy atom. The van der Waals surface area contributed by atoms with Gasteiger partial charge in [-0.3, -0.25) is 19.2 Å². The van der Waals surface area contributed by atoms with E-state index in [1.165, 1.54) is 13.8 Å². The van der Waals surface area contributed by atoms with E-state index in [0.717, 1.165) is 30.5 Å². The van der Waals surface area contributed by atoms with Crippen LogP contribution in [0.1, 0.15) is 65.2 Å². The molecule has 0 radical (unpaired) electrons. The molecule has 3 fully saturated rings.